The van der Waals surface area contributed by atoms with Crippen LogP contribution in [0.1, 0.15) is 24.1 Å². The first-order chi connectivity index (χ1) is 9.99. The Morgan fingerprint density at radius 3 is 2.05 bits per heavy atom. The summed E-state index contributed by atoms with van der Waals surface area (Å²) in [5.41, 5.74) is -0.621. The fourth-order valence-electron chi connectivity index (χ4n) is 2.01. The van der Waals surface area contributed by atoms with Crippen LogP contribution >= 0.6 is 0 Å². The van der Waals surface area contributed by atoms with Crippen molar-refractivity contribution in [1.82, 2.24) is 10.3 Å². The topological polar surface area (TPSA) is 24.9 Å². The van der Waals surface area contributed by atoms with Crippen LogP contribution in [0.4, 0.5) is 22.0 Å². The van der Waals surface area contributed by atoms with Crippen molar-refractivity contribution in [3.8, 4) is 0 Å². The van der Waals surface area contributed by atoms with Crippen LogP contribution in [0.5, 0.6) is 0 Å². The number of rotatable bonds is 4. The average molecular weight is 302 g/mol. The number of nitrogens with one attached hydrogen (secondary N) is 1. The van der Waals surface area contributed by atoms with Gasteiger partial charge in [0, 0.05) is 12.4 Å². The van der Waals surface area contributed by atoms with Gasteiger partial charge in [-0.3, -0.25) is 4.98 Å². The first kappa shape index (κ1) is 15.4. The van der Waals surface area contributed by atoms with Crippen LogP contribution in [0, 0.1) is 29.1 Å². The van der Waals surface area contributed by atoms with Gasteiger partial charge in [-0.15, -0.1) is 0 Å². The van der Waals surface area contributed by atoms with Gasteiger partial charge in [0.05, 0.1) is 11.6 Å². The molecule has 0 amide bonds. The van der Waals surface area contributed by atoms with E-state index in [2.05, 4.69) is 10.3 Å². The summed E-state index contributed by atoms with van der Waals surface area (Å²) in [5, 5.41) is 2.69. The van der Waals surface area contributed by atoms with E-state index in [1.807, 2.05) is 0 Å². The largest absolute Gasteiger partial charge is 0.306 e. The van der Waals surface area contributed by atoms with Crippen LogP contribution in [0.3, 0.4) is 0 Å². The summed E-state index contributed by atoms with van der Waals surface area (Å²) in [6, 6.07) is 1.80. The molecule has 2 aromatic rings. The van der Waals surface area contributed by atoms with Gasteiger partial charge in [0.25, 0.3) is 0 Å². The molecule has 0 aliphatic carbocycles. The Morgan fingerprint density at radius 1 is 1.00 bits per heavy atom. The summed E-state index contributed by atoms with van der Waals surface area (Å²) < 4.78 is 67.5. The Balaban J connectivity index is 2.67. The van der Waals surface area contributed by atoms with Crippen LogP contribution in [0.25, 0.3) is 0 Å². The van der Waals surface area contributed by atoms with Crippen molar-refractivity contribution in [1.29, 1.82) is 0 Å². The van der Waals surface area contributed by atoms with Gasteiger partial charge in [0.1, 0.15) is 0 Å². The van der Waals surface area contributed by atoms with Crippen LogP contribution < -0.4 is 5.32 Å². The summed E-state index contributed by atoms with van der Waals surface area (Å²) in [7, 11) is 0. The maximum atomic E-state index is 13.9. The molecule has 0 spiro atoms. The summed E-state index contributed by atoms with van der Waals surface area (Å²) in [6.07, 6.45) is 2.73. The van der Waals surface area contributed by atoms with Gasteiger partial charge in [-0.1, -0.05) is 13.0 Å². The molecule has 1 N–H and O–H groups in total. The molecular formula is C14H11F5N2. The number of halogens is 5. The highest BCUT2D eigenvalue weighted by Crippen LogP contribution is 2.31. The highest BCUT2D eigenvalue weighted by atomic mass is 19.2. The van der Waals surface area contributed by atoms with E-state index in [0.717, 1.165) is 0 Å². The number of hydrogen-bond acceptors (Lipinski definition) is 2. The second kappa shape index (κ2) is 6.17. The van der Waals surface area contributed by atoms with Gasteiger partial charge in [-0.05, 0) is 18.2 Å². The third-order valence-corrected chi connectivity index (χ3v) is 2.96. The zero-order chi connectivity index (χ0) is 15.6. The Hall–Kier alpha value is -2.02. The molecule has 0 saturated carbocycles. The van der Waals surface area contributed by atoms with Crippen LogP contribution in [-0.2, 0) is 0 Å². The second-order valence-electron chi connectivity index (χ2n) is 4.26. The lowest BCUT2D eigenvalue weighted by Crippen LogP contribution is -2.25. The molecule has 7 heteroatoms. The predicted octanol–water partition coefficient (Wildman–Crippen LogP) is 3.48. The number of aromatic nitrogens is 1. The number of hydrogen-bond donors (Lipinski definition) is 1. The number of nitrogens with zero attached hydrogens (tertiary/aromatic N) is 1. The van der Waals surface area contributed by atoms with Crippen LogP contribution in [-0.4, -0.2) is 11.5 Å². The van der Waals surface area contributed by atoms with E-state index in [9.17, 15) is 22.0 Å². The average Bonchev–Trinajstić information content (AvgIpc) is 2.51. The minimum Gasteiger partial charge on any atom is -0.306 e. The minimum atomic E-state index is -2.17. The lowest BCUT2D eigenvalue weighted by molar-refractivity contribution is 0.362. The van der Waals surface area contributed by atoms with Crippen LogP contribution in [0.2, 0.25) is 0 Å². The van der Waals surface area contributed by atoms with E-state index >= 15 is 0 Å². The molecule has 1 unspecified atom stereocenters. The van der Waals surface area contributed by atoms with E-state index in [1.165, 1.54) is 24.5 Å². The zero-order valence-corrected chi connectivity index (χ0v) is 10.9. The first-order valence-corrected chi connectivity index (χ1v) is 6.13. The van der Waals surface area contributed by atoms with Gasteiger partial charge in [-0.2, -0.15) is 0 Å². The predicted molar refractivity (Wildman–Crippen MR) is 66.0 cm³/mol. The molecule has 1 heterocycles. The molecule has 2 rings (SSSR count). The molecule has 112 valence electrons. The van der Waals surface area contributed by atoms with Crippen molar-refractivity contribution in [2.24, 2.45) is 0 Å². The summed E-state index contributed by atoms with van der Waals surface area (Å²) in [5.74, 6) is -9.79. The molecule has 1 aromatic heterocycles. The monoisotopic (exact) mass is 302 g/mol. The molecule has 1 aromatic carbocycles. The highest BCUT2D eigenvalue weighted by Gasteiger charge is 2.30. The quantitative estimate of drug-likeness (QED) is 0.531. The Labute approximate surface area is 117 Å². The van der Waals surface area contributed by atoms with Crippen molar-refractivity contribution in [3.05, 3.63) is 64.7 Å². The van der Waals surface area contributed by atoms with E-state index in [4.69, 9.17) is 0 Å². The summed E-state index contributed by atoms with van der Waals surface area (Å²) >= 11 is 0. The standard InChI is InChI=1S/C14H11F5N2/c1-2-21-14(7-4-3-5-20-6-7)8-9(15)11(17)13(19)12(18)10(8)16/h3-6,14,21H,2H2,1H3. The second-order valence-corrected chi connectivity index (χ2v) is 4.26. The third-order valence-electron chi connectivity index (χ3n) is 2.96. The molecule has 0 fully saturated rings. The van der Waals surface area contributed by atoms with E-state index < -0.39 is 40.7 Å². The molecule has 2 nitrogen and oxygen atoms in total. The minimum absolute atomic E-state index is 0.263. The number of pyridine rings is 1. The van der Waals surface area contributed by atoms with Crippen LogP contribution in [0.15, 0.2) is 24.5 Å². The van der Waals surface area contributed by atoms with Crippen molar-refractivity contribution in [3.63, 3.8) is 0 Å². The van der Waals surface area contributed by atoms with Crippen molar-refractivity contribution in [2.75, 3.05) is 6.54 Å². The summed E-state index contributed by atoms with van der Waals surface area (Å²) in [4.78, 5) is 3.79. The lowest BCUT2D eigenvalue weighted by atomic mass is 9.98. The molecule has 1 atom stereocenters. The van der Waals surface area contributed by atoms with Crippen molar-refractivity contribution >= 4 is 0 Å². The molecule has 21 heavy (non-hydrogen) atoms. The Kier molecular flexibility index (Phi) is 4.52. The van der Waals surface area contributed by atoms with Gasteiger partial charge < -0.3 is 5.32 Å². The zero-order valence-electron chi connectivity index (χ0n) is 10.9. The fourth-order valence-corrected chi connectivity index (χ4v) is 2.01. The molecule has 0 saturated heterocycles. The normalized spacial score (nSPS) is 12.5. The van der Waals surface area contributed by atoms with E-state index in [-0.39, 0.29) is 6.54 Å². The first-order valence-electron chi connectivity index (χ1n) is 6.13. The molecule has 0 aliphatic rings. The number of benzene rings is 1. The van der Waals surface area contributed by atoms with Gasteiger partial charge in [0.15, 0.2) is 23.3 Å². The van der Waals surface area contributed by atoms with E-state index in [1.54, 1.807) is 6.92 Å². The Morgan fingerprint density at radius 2 is 1.57 bits per heavy atom. The van der Waals surface area contributed by atoms with Gasteiger partial charge >= 0.3 is 0 Å². The van der Waals surface area contributed by atoms with E-state index in [0.29, 0.717) is 5.56 Å². The molecular weight excluding hydrogens is 291 g/mol. The lowest BCUT2D eigenvalue weighted by Gasteiger charge is -2.20. The fraction of sp³-hybridized carbons (Fsp3) is 0.214. The molecule has 0 aliphatic heterocycles. The summed E-state index contributed by atoms with van der Waals surface area (Å²) in [6.45, 7) is 1.91. The Bertz CT molecular complexity index is 617. The maximum absolute atomic E-state index is 13.9. The third kappa shape index (κ3) is 2.73. The van der Waals surface area contributed by atoms with Gasteiger partial charge in [-0.25, -0.2) is 22.0 Å². The molecule has 0 bridgehead atoms. The van der Waals surface area contributed by atoms with Crippen molar-refractivity contribution < 1.29 is 22.0 Å². The smallest absolute Gasteiger partial charge is 0.200 e. The molecule has 0 radical (unpaired) electrons. The van der Waals surface area contributed by atoms with Crippen molar-refractivity contribution in [2.45, 2.75) is 13.0 Å². The highest BCUT2D eigenvalue weighted by molar-refractivity contribution is 5.34. The SMILES string of the molecule is CCNC(c1cccnc1)c1c(F)c(F)c(F)c(F)c1F. The van der Waals surface area contributed by atoms with Gasteiger partial charge in [0.2, 0.25) is 5.82 Å². The maximum Gasteiger partial charge on any atom is 0.200 e.